The number of imidazole rings is 1. The Hall–Kier alpha value is -1.88. The molecule has 0 aliphatic rings. The Balaban J connectivity index is 2.25. The molecule has 0 amide bonds. The number of ether oxygens (including phenoxy) is 1. The van der Waals surface area contributed by atoms with E-state index >= 15 is 0 Å². The molecule has 2 heterocycles. The number of aromatic nitrogens is 3. The molecule has 0 aliphatic carbocycles. The average molecular weight is 388 g/mol. The van der Waals surface area contributed by atoms with Crippen LogP contribution in [0.15, 0.2) is 28.9 Å². The van der Waals surface area contributed by atoms with Gasteiger partial charge in [0.2, 0.25) is 5.78 Å². The molecule has 0 spiro atoms. The Bertz CT molecular complexity index is 922. The number of methoxy groups -OCH3 is 1. The second-order valence-corrected chi connectivity index (χ2v) is 7.85. The van der Waals surface area contributed by atoms with Crippen LogP contribution in [-0.4, -0.2) is 21.5 Å². The van der Waals surface area contributed by atoms with E-state index in [4.69, 9.17) is 9.72 Å². The molecular weight excluding hydrogens is 366 g/mol. The van der Waals surface area contributed by atoms with Crippen molar-refractivity contribution >= 4 is 21.7 Å². The van der Waals surface area contributed by atoms with Gasteiger partial charge in [-0.3, -0.25) is 4.40 Å². The molecule has 0 unspecified atom stereocenters. The van der Waals surface area contributed by atoms with Crippen molar-refractivity contribution in [3.63, 3.8) is 0 Å². The molecule has 0 saturated heterocycles. The Morgan fingerprint density at radius 3 is 2.46 bits per heavy atom. The van der Waals surface area contributed by atoms with Gasteiger partial charge in [0.15, 0.2) is 0 Å². The predicted molar refractivity (Wildman–Crippen MR) is 101 cm³/mol. The molecule has 0 bridgehead atoms. The van der Waals surface area contributed by atoms with E-state index < -0.39 is 0 Å². The number of aryl methyl sites for hydroxylation is 2. The highest BCUT2D eigenvalue weighted by atomic mass is 79.9. The van der Waals surface area contributed by atoms with Gasteiger partial charge in [-0.05, 0) is 52.9 Å². The van der Waals surface area contributed by atoms with Gasteiger partial charge in [0.25, 0.3) is 0 Å². The fourth-order valence-corrected chi connectivity index (χ4v) is 3.05. The summed E-state index contributed by atoms with van der Waals surface area (Å²) in [6.45, 7) is 10.6. The van der Waals surface area contributed by atoms with Crippen LogP contribution < -0.4 is 4.74 Å². The molecule has 0 aliphatic heterocycles. The first-order chi connectivity index (χ1) is 11.2. The second-order valence-electron chi connectivity index (χ2n) is 7.06. The number of fused-ring (bicyclic) bond motifs is 1. The summed E-state index contributed by atoms with van der Waals surface area (Å²) in [6.07, 6.45) is 2.02. The second kappa shape index (κ2) is 5.88. The van der Waals surface area contributed by atoms with E-state index in [1.54, 1.807) is 7.11 Å². The molecule has 0 atom stereocenters. The molecule has 126 valence electrons. The average Bonchev–Trinajstić information content (AvgIpc) is 2.95. The topological polar surface area (TPSA) is 39.4 Å². The van der Waals surface area contributed by atoms with Crippen molar-refractivity contribution in [3.8, 4) is 17.0 Å². The summed E-state index contributed by atoms with van der Waals surface area (Å²) in [4.78, 5) is 9.30. The molecule has 3 rings (SSSR count). The molecule has 3 aromatic rings. The Morgan fingerprint density at radius 1 is 1.12 bits per heavy atom. The maximum absolute atomic E-state index is 5.56. The number of rotatable bonds is 2. The van der Waals surface area contributed by atoms with Crippen LogP contribution in [0.3, 0.4) is 0 Å². The maximum atomic E-state index is 5.56. The van der Waals surface area contributed by atoms with Gasteiger partial charge in [-0.25, -0.2) is 9.97 Å². The van der Waals surface area contributed by atoms with Gasteiger partial charge in [0.1, 0.15) is 5.75 Å². The van der Waals surface area contributed by atoms with Crippen LogP contribution in [0.5, 0.6) is 5.75 Å². The van der Waals surface area contributed by atoms with Crippen molar-refractivity contribution in [3.05, 3.63) is 45.8 Å². The molecule has 5 heteroatoms. The van der Waals surface area contributed by atoms with Gasteiger partial charge in [0, 0.05) is 17.5 Å². The summed E-state index contributed by atoms with van der Waals surface area (Å²) in [7, 11) is 1.69. The molecular formula is C19H22BrN3O. The van der Waals surface area contributed by atoms with Gasteiger partial charge in [-0.15, -0.1) is 0 Å². The standard InChI is InChI=1S/C19H22BrN3O/c1-11-17(20)12(2)23-10-15(22-18(23)21-11)14-9-13(19(3,4)5)7-8-16(14)24-6/h7-10H,1-6H3. The number of hydrogen-bond acceptors (Lipinski definition) is 3. The predicted octanol–water partition coefficient (Wildman–Crippen LogP) is 5.08. The van der Waals surface area contributed by atoms with Crippen molar-refractivity contribution in [2.45, 2.75) is 40.0 Å². The highest BCUT2D eigenvalue weighted by Crippen LogP contribution is 2.34. The highest BCUT2D eigenvalue weighted by molar-refractivity contribution is 9.10. The fraction of sp³-hybridized carbons (Fsp3) is 0.368. The third-order valence-electron chi connectivity index (χ3n) is 4.29. The van der Waals surface area contributed by atoms with Crippen LogP contribution in [-0.2, 0) is 5.41 Å². The van der Waals surface area contributed by atoms with Crippen molar-refractivity contribution < 1.29 is 4.74 Å². The number of hydrogen-bond donors (Lipinski definition) is 0. The fourth-order valence-electron chi connectivity index (χ4n) is 2.77. The number of nitrogens with zero attached hydrogens (tertiary/aromatic N) is 3. The lowest BCUT2D eigenvalue weighted by atomic mass is 9.86. The minimum atomic E-state index is 0.0635. The van der Waals surface area contributed by atoms with Crippen molar-refractivity contribution in [1.82, 2.24) is 14.4 Å². The van der Waals surface area contributed by atoms with Crippen molar-refractivity contribution in [2.24, 2.45) is 0 Å². The minimum absolute atomic E-state index is 0.0635. The Labute approximate surface area is 151 Å². The van der Waals surface area contributed by atoms with E-state index in [2.05, 4.69) is 60.7 Å². The van der Waals surface area contributed by atoms with Crippen LogP contribution in [0.4, 0.5) is 0 Å². The SMILES string of the molecule is COc1ccc(C(C)(C)C)cc1-c1cn2c(C)c(Br)c(C)nc2n1. The minimum Gasteiger partial charge on any atom is -0.496 e. The van der Waals surface area contributed by atoms with Gasteiger partial charge in [-0.2, -0.15) is 0 Å². The summed E-state index contributed by atoms with van der Waals surface area (Å²) >= 11 is 3.60. The summed E-state index contributed by atoms with van der Waals surface area (Å²) < 4.78 is 8.58. The molecule has 24 heavy (non-hydrogen) atoms. The van der Waals surface area contributed by atoms with Crippen molar-refractivity contribution in [1.29, 1.82) is 0 Å². The van der Waals surface area contributed by atoms with E-state index in [0.717, 1.165) is 32.9 Å². The molecule has 0 radical (unpaired) electrons. The Kier molecular flexibility index (Phi) is 4.16. The zero-order valence-corrected chi connectivity index (χ0v) is 16.5. The highest BCUT2D eigenvalue weighted by Gasteiger charge is 2.19. The lowest BCUT2D eigenvalue weighted by Crippen LogP contribution is -2.11. The summed E-state index contributed by atoms with van der Waals surface area (Å²) in [5.41, 5.74) is 5.19. The quantitative estimate of drug-likeness (QED) is 0.615. The van der Waals surface area contributed by atoms with Crippen molar-refractivity contribution in [2.75, 3.05) is 7.11 Å². The zero-order valence-electron chi connectivity index (χ0n) is 14.9. The molecule has 0 saturated carbocycles. The van der Waals surface area contributed by atoms with E-state index in [-0.39, 0.29) is 5.41 Å². The summed E-state index contributed by atoms with van der Waals surface area (Å²) in [5.74, 6) is 1.52. The number of benzene rings is 1. The first-order valence-electron chi connectivity index (χ1n) is 7.93. The molecule has 2 aromatic heterocycles. The van der Waals surface area contributed by atoms with Gasteiger partial charge in [-0.1, -0.05) is 26.8 Å². The maximum Gasteiger partial charge on any atom is 0.234 e. The van der Waals surface area contributed by atoms with Gasteiger partial charge in [0.05, 0.1) is 23.0 Å². The monoisotopic (exact) mass is 387 g/mol. The molecule has 0 fully saturated rings. The van der Waals surface area contributed by atoms with E-state index in [1.807, 2.05) is 23.6 Å². The lowest BCUT2D eigenvalue weighted by molar-refractivity contribution is 0.415. The summed E-state index contributed by atoms with van der Waals surface area (Å²) in [6, 6.07) is 6.29. The van der Waals surface area contributed by atoms with Gasteiger partial charge < -0.3 is 4.74 Å². The normalized spacial score (nSPS) is 12.0. The third-order valence-corrected chi connectivity index (χ3v) is 5.44. The first-order valence-corrected chi connectivity index (χ1v) is 8.72. The van der Waals surface area contributed by atoms with E-state index in [0.29, 0.717) is 5.78 Å². The largest absolute Gasteiger partial charge is 0.496 e. The lowest BCUT2D eigenvalue weighted by Gasteiger charge is -2.20. The first kappa shape index (κ1) is 17.0. The zero-order chi connectivity index (χ0) is 17.6. The van der Waals surface area contributed by atoms with E-state index in [9.17, 15) is 0 Å². The number of halogens is 1. The smallest absolute Gasteiger partial charge is 0.234 e. The Morgan fingerprint density at radius 2 is 1.83 bits per heavy atom. The van der Waals surface area contributed by atoms with Crippen LogP contribution in [0.1, 0.15) is 37.7 Å². The van der Waals surface area contributed by atoms with E-state index in [1.165, 1.54) is 5.56 Å². The van der Waals surface area contributed by atoms with Crippen LogP contribution in [0.2, 0.25) is 0 Å². The molecule has 1 aromatic carbocycles. The van der Waals surface area contributed by atoms with Gasteiger partial charge >= 0.3 is 0 Å². The third kappa shape index (κ3) is 2.81. The van der Waals surface area contributed by atoms with Crippen LogP contribution >= 0.6 is 15.9 Å². The summed E-state index contributed by atoms with van der Waals surface area (Å²) in [5, 5.41) is 0. The van der Waals surface area contributed by atoms with Crippen LogP contribution in [0.25, 0.3) is 17.0 Å². The van der Waals surface area contributed by atoms with Crippen LogP contribution in [0, 0.1) is 13.8 Å². The molecule has 4 nitrogen and oxygen atoms in total. The molecule has 0 N–H and O–H groups in total.